The molecule has 0 aromatic carbocycles. The lowest BCUT2D eigenvalue weighted by Gasteiger charge is -2.26. The van der Waals surface area contributed by atoms with Gasteiger partial charge in [0.25, 0.3) is 5.91 Å². The molecule has 0 unspecified atom stereocenters. The number of fused-ring (bicyclic) bond motifs is 1. The van der Waals surface area contributed by atoms with Crippen molar-refractivity contribution in [2.45, 2.75) is 12.9 Å². The summed E-state index contributed by atoms with van der Waals surface area (Å²) in [5.74, 6) is -0.379. The zero-order valence-corrected chi connectivity index (χ0v) is 12.9. The Morgan fingerprint density at radius 3 is 2.72 bits per heavy atom. The van der Waals surface area contributed by atoms with Gasteiger partial charge in [0.2, 0.25) is 0 Å². The number of aromatic nitrogens is 5. The SMILES string of the molecule is O=C(c1ncn2c(=O)n(CCOC(F)(F)F)nnc12)N1CCNCC1. The van der Waals surface area contributed by atoms with Crippen molar-refractivity contribution in [3.05, 3.63) is 22.5 Å². The molecule has 2 aromatic rings. The number of piperazine rings is 1. The number of amides is 1. The standard InChI is InChI=1S/C12H14F3N7O3/c13-12(14,15)25-6-5-22-11(24)21-7-17-8(9(21)18-19-22)10(23)20-3-1-16-2-4-20/h7,16H,1-6H2. The second kappa shape index (κ2) is 6.76. The number of imidazole rings is 1. The average Bonchev–Trinajstić information content (AvgIpc) is 3.01. The first kappa shape index (κ1) is 17.3. The van der Waals surface area contributed by atoms with Gasteiger partial charge in [-0.3, -0.25) is 9.53 Å². The Morgan fingerprint density at radius 1 is 1.32 bits per heavy atom. The number of carbonyl (C=O) groups is 1. The maximum absolute atomic E-state index is 12.5. The van der Waals surface area contributed by atoms with Gasteiger partial charge < -0.3 is 10.2 Å². The van der Waals surface area contributed by atoms with E-state index in [9.17, 15) is 22.8 Å². The Morgan fingerprint density at radius 2 is 2.04 bits per heavy atom. The normalized spacial score (nSPS) is 15.7. The van der Waals surface area contributed by atoms with Crippen LogP contribution in [0.1, 0.15) is 10.5 Å². The molecule has 1 aliphatic rings. The van der Waals surface area contributed by atoms with E-state index in [4.69, 9.17) is 0 Å². The first-order valence-electron chi connectivity index (χ1n) is 7.38. The second-order valence-corrected chi connectivity index (χ2v) is 5.22. The first-order chi connectivity index (χ1) is 11.9. The highest BCUT2D eigenvalue weighted by Crippen LogP contribution is 2.15. The molecule has 1 aliphatic heterocycles. The molecule has 3 heterocycles. The van der Waals surface area contributed by atoms with Crippen LogP contribution in [0.5, 0.6) is 0 Å². The number of hydrogen-bond donors (Lipinski definition) is 1. The summed E-state index contributed by atoms with van der Waals surface area (Å²) in [7, 11) is 0. The highest BCUT2D eigenvalue weighted by Gasteiger charge is 2.29. The minimum Gasteiger partial charge on any atom is -0.335 e. The fourth-order valence-corrected chi connectivity index (χ4v) is 2.39. The second-order valence-electron chi connectivity index (χ2n) is 5.22. The van der Waals surface area contributed by atoms with Crippen molar-refractivity contribution in [1.29, 1.82) is 0 Å². The van der Waals surface area contributed by atoms with Gasteiger partial charge in [-0.05, 0) is 0 Å². The monoisotopic (exact) mass is 361 g/mol. The van der Waals surface area contributed by atoms with Gasteiger partial charge in [-0.1, -0.05) is 5.21 Å². The smallest absolute Gasteiger partial charge is 0.335 e. The van der Waals surface area contributed by atoms with Gasteiger partial charge in [0.15, 0.2) is 11.3 Å². The fraction of sp³-hybridized carbons (Fsp3) is 0.583. The van der Waals surface area contributed by atoms with Crippen LogP contribution in [0.4, 0.5) is 13.2 Å². The number of ether oxygens (including phenoxy) is 1. The van der Waals surface area contributed by atoms with Gasteiger partial charge in [-0.25, -0.2) is 14.2 Å². The maximum Gasteiger partial charge on any atom is 0.522 e. The van der Waals surface area contributed by atoms with Crippen molar-refractivity contribution in [3.8, 4) is 0 Å². The number of hydrogen-bond acceptors (Lipinski definition) is 7. The summed E-state index contributed by atoms with van der Waals surface area (Å²) in [4.78, 5) is 30.2. The van der Waals surface area contributed by atoms with E-state index in [1.807, 2.05) is 0 Å². The van der Waals surface area contributed by atoms with Gasteiger partial charge in [0.1, 0.15) is 6.33 Å². The highest BCUT2D eigenvalue weighted by atomic mass is 19.4. The van der Waals surface area contributed by atoms with Crippen molar-refractivity contribution in [3.63, 3.8) is 0 Å². The number of nitrogens with one attached hydrogen (secondary N) is 1. The van der Waals surface area contributed by atoms with Crippen LogP contribution in [0.15, 0.2) is 11.1 Å². The van der Waals surface area contributed by atoms with Crippen molar-refractivity contribution in [1.82, 2.24) is 34.6 Å². The van der Waals surface area contributed by atoms with E-state index in [2.05, 4.69) is 25.3 Å². The topological polar surface area (TPSA) is 107 Å². The summed E-state index contributed by atoms with van der Waals surface area (Å²) in [5.41, 5.74) is -0.825. The minimum absolute atomic E-state index is 0.0230. The summed E-state index contributed by atoms with van der Waals surface area (Å²) >= 11 is 0. The molecule has 25 heavy (non-hydrogen) atoms. The molecule has 0 aliphatic carbocycles. The predicted octanol–water partition coefficient (Wildman–Crippen LogP) is -1.13. The van der Waals surface area contributed by atoms with E-state index in [1.54, 1.807) is 4.90 Å². The molecule has 0 bridgehead atoms. The van der Waals surface area contributed by atoms with Crippen LogP contribution in [0.2, 0.25) is 0 Å². The van der Waals surface area contributed by atoms with Crippen molar-refractivity contribution >= 4 is 11.6 Å². The first-order valence-corrected chi connectivity index (χ1v) is 7.38. The third-order valence-electron chi connectivity index (χ3n) is 3.59. The van der Waals surface area contributed by atoms with Crippen molar-refractivity contribution in [2.75, 3.05) is 32.8 Å². The Bertz CT molecular complexity index is 825. The van der Waals surface area contributed by atoms with Crippen LogP contribution in [0.25, 0.3) is 5.65 Å². The lowest BCUT2D eigenvalue weighted by molar-refractivity contribution is -0.325. The van der Waals surface area contributed by atoms with E-state index in [0.717, 1.165) is 10.7 Å². The van der Waals surface area contributed by atoms with E-state index in [-0.39, 0.29) is 17.2 Å². The van der Waals surface area contributed by atoms with E-state index >= 15 is 0 Å². The molecule has 0 radical (unpaired) electrons. The van der Waals surface area contributed by atoms with Crippen LogP contribution in [0.3, 0.4) is 0 Å². The molecule has 2 aromatic heterocycles. The lowest BCUT2D eigenvalue weighted by Crippen LogP contribution is -2.46. The molecule has 10 nitrogen and oxygen atoms in total. The Labute approximate surface area is 138 Å². The van der Waals surface area contributed by atoms with Crippen molar-refractivity contribution in [2.24, 2.45) is 0 Å². The molecule has 1 fully saturated rings. The summed E-state index contributed by atoms with van der Waals surface area (Å²) in [6.07, 6.45) is -3.69. The van der Waals surface area contributed by atoms with Gasteiger partial charge in [0, 0.05) is 26.2 Å². The molecule has 3 rings (SSSR count). The molecular weight excluding hydrogens is 347 g/mol. The fourth-order valence-electron chi connectivity index (χ4n) is 2.39. The molecule has 1 saturated heterocycles. The van der Waals surface area contributed by atoms with E-state index in [0.29, 0.717) is 30.9 Å². The van der Waals surface area contributed by atoms with Crippen LogP contribution < -0.4 is 11.0 Å². The van der Waals surface area contributed by atoms with Crippen molar-refractivity contribution < 1.29 is 22.7 Å². The predicted molar refractivity (Wildman–Crippen MR) is 75.8 cm³/mol. The van der Waals surface area contributed by atoms with E-state index in [1.165, 1.54) is 0 Å². The molecule has 0 spiro atoms. The number of alkyl halides is 3. The quantitative estimate of drug-likeness (QED) is 0.734. The molecule has 0 atom stereocenters. The summed E-state index contributed by atoms with van der Waals surface area (Å²) in [6.45, 7) is 1.06. The van der Waals surface area contributed by atoms with E-state index < -0.39 is 25.2 Å². The van der Waals surface area contributed by atoms with Gasteiger partial charge in [-0.2, -0.15) is 4.68 Å². The summed E-state index contributed by atoms with van der Waals surface area (Å²) in [5, 5.41) is 10.4. The Kier molecular flexibility index (Phi) is 4.67. The number of nitrogens with zero attached hydrogens (tertiary/aromatic N) is 6. The van der Waals surface area contributed by atoms with Gasteiger partial charge in [0.05, 0.1) is 13.2 Å². The molecule has 1 amide bonds. The van der Waals surface area contributed by atoms with Crippen LogP contribution >= 0.6 is 0 Å². The third-order valence-corrected chi connectivity index (χ3v) is 3.59. The van der Waals surface area contributed by atoms with Gasteiger partial charge >= 0.3 is 12.1 Å². The van der Waals surface area contributed by atoms with Crippen LogP contribution in [-0.2, 0) is 11.3 Å². The summed E-state index contributed by atoms with van der Waals surface area (Å²) in [6, 6.07) is 0. The highest BCUT2D eigenvalue weighted by molar-refractivity contribution is 5.97. The zero-order valence-electron chi connectivity index (χ0n) is 12.9. The number of carbonyl (C=O) groups excluding carboxylic acids is 1. The molecule has 13 heteroatoms. The molecule has 1 N–H and O–H groups in total. The largest absolute Gasteiger partial charge is 0.522 e. The molecular formula is C12H14F3N7O3. The van der Waals surface area contributed by atoms with Crippen LogP contribution in [0, 0.1) is 0 Å². The third kappa shape index (κ3) is 3.76. The molecule has 0 saturated carbocycles. The zero-order chi connectivity index (χ0) is 18.0. The average molecular weight is 361 g/mol. The number of halogens is 3. The molecule has 136 valence electrons. The summed E-state index contributed by atoms with van der Waals surface area (Å²) < 4.78 is 41.2. The maximum atomic E-state index is 12.5. The minimum atomic E-state index is -4.79. The van der Waals surface area contributed by atoms with Gasteiger partial charge in [-0.15, -0.1) is 18.3 Å². The Hall–Kier alpha value is -2.54. The van der Waals surface area contributed by atoms with Crippen LogP contribution in [-0.4, -0.2) is 74.3 Å². The lowest BCUT2D eigenvalue weighted by atomic mass is 10.3. The Balaban J connectivity index is 1.81. The number of rotatable bonds is 4.